The summed E-state index contributed by atoms with van der Waals surface area (Å²) in [6.45, 7) is 3.58. The van der Waals surface area contributed by atoms with Crippen molar-refractivity contribution < 1.29 is 29.0 Å². The molecule has 0 unspecified atom stereocenters. The SMILES string of the molecule is CCOC(=O)C1=C[C@@H](O)CC[C@]12C(=O)N(C(=O)OCC)c1ccccc12. The topological polar surface area (TPSA) is 93.1 Å². The number of rotatable bonds is 3. The summed E-state index contributed by atoms with van der Waals surface area (Å²) in [5.41, 5.74) is -0.344. The van der Waals surface area contributed by atoms with E-state index < -0.39 is 29.5 Å². The Labute approximate surface area is 151 Å². The van der Waals surface area contributed by atoms with Crippen LogP contribution in [0.15, 0.2) is 35.9 Å². The largest absolute Gasteiger partial charge is 0.463 e. The maximum atomic E-state index is 13.4. The van der Waals surface area contributed by atoms with Crippen LogP contribution in [0.4, 0.5) is 10.5 Å². The quantitative estimate of drug-likeness (QED) is 0.831. The van der Waals surface area contributed by atoms with Gasteiger partial charge in [0.2, 0.25) is 0 Å². The predicted octanol–water partition coefficient (Wildman–Crippen LogP) is 2.07. The second-order valence-corrected chi connectivity index (χ2v) is 6.17. The Hall–Kier alpha value is -2.67. The number of carbonyl (C=O) groups excluding carboxylic acids is 3. The Morgan fingerprint density at radius 1 is 1.23 bits per heavy atom. The van der Waals surface area contributed by atoms with E-state index in [-0.39, 0.29) is 25.2 Å². The molecule has 1 aliphatic heterocycles. The molecular weight excluding hydrogens is 338 g/mol. The van der Waals surface area contributed by atoms with Crippen molar-refractivity contribution >= 4 is 23.7 Å². The molecule has 0 saturated carbocycles. The highest BCUT2D eigenvalue weighted by atomic mass is 16.6. The molecule has 0 aromatic heterocycles. The van der Waals surface area contributed by atoms with Gasteiger partial charge >= 0.3 is 12.1 Å². The highest BCUT2D eigenvalue weighted by molar-refractivity contribution is 6.24. The van der Waals surface area contributed by atoms with Crippen LogP contribution in [-0.4, -0.2) is 42.4 Å². The third kappa shape index (κ3) is 2.59. The molecule has 138 valence electrons. The number of aliphatic hydroxyl groups is 1. The van der Waals surface area contributed by atoms with Crippen LogP contribution in [0.5, 0.6) is 0 Å². The number of aliphatic hydroxyl groups excluding tert-OH is 1. The smallest absolute Gasteiger partial charge is 0.421 e. The first-order chi connectivity index (χ1) is 12.5. The second kappa shape index (κ2) is 6.92. The van der Waals surface area contributed by atoms with Gasteiger partial charge in [-0.15, -0.1) is 0 Å². The molecule has 2 aliphatic rings. The van der Waals surface area contributed by atoms with Crippen molar-refractivity contribution in [3.63, 3.8) is 0 Å². The van der Waals surface area contributed by atoms with Gasteiger partial charge in [-0.05, 0) is 44.4 Å². The fourth-order valence-corrected chi connectivity index (χ4v) is 3.68. The average molecular weight is 359 g/mol. The van der Waals surface area contributed by atoms with Gasteiger partial charge in [0.15, 0.2) is 0 Å². The molecule has 1 heterocycles. The minimum atomic E-state index is -1.35. The zero-order valence-corrected chi connectivity index (χ0v) is 14.7. The standard InChI is InChI=1S/C19H21NO6/c1-3-25-16(22)14-11-12(21)9-10-19(14)13-7-5-6-8-15(13)20(17(19)23)18(24)26-4-2/h5-8,11-12,21H,3-4,9-10H2,1-2H3/t12-,19+/m0/s1. The summed E-state index contributed by atoms with van der Waals surface area (Å²) in [5, 5.41) is 10.0. The average Bonchev–Trinajstić information content (AvgIpc) is 2.87. The number of nitrogens with zero attached hydrogens (tertiary/aromatic N) is 1. The summed E-state index contributed by atoms with van der Waals surface area (Å²) < 4.78 is 10.2. The fourth-order valence-electron chi connectivity index (χ4n) is 3.68. The van der Waals surface area contributed by atoms with Gasteiger partial charge in [-0.1, -0.05) is 18.2 Å². The van der Waals surface area contributed by atoms with E-state index in [1.165, 1.54) is 6.08 Å². The van der Waals surface area contributed by atoms with Gasteiger partial charge in [0.1, 0.15) is 5.41 Å². The predicted molar refractivity (Wildman–Crippen MR) is 92.6 cm³/mol. The van der Waals surface area contributed by atoms with Gasteiger partial charge in [-0.2, -0.15) is 0 Å². The highest BCUT2D eigenvalue weighted by Gasteiger charge is 2.58. The Kier molecular flexibility index (Phi) is 4.82. The van der Waals surface area contributed by atoms with Gasteiger partial charge < -0.3 is 14.6 Å². The number of esters is 1. The number of para-hydroxylation sites is 1. The first-order valence-electron chi connectivity index (χ1n) is 8.65. The molecule has 1 aliphatic carbocycles. The number of imide groups is 1. The zero-order chi connectivity index (χ0) is 18.9. The molecule has 1 aromatic carbocycles. The summed E-state index contributed by atoms with van der Waals surface area (Å²) in [5.74, 6) is -1.22. The van der Waals surface area contributed by atoms with Crippen molar-refractivity contribution in [1.29, 1.82) is 0 Å². The molecule has 0 radical (unpaired) electrons. The lowest BCUT2D eigenvalue weighted by Gasteiger charge is -2.34. The number of benzene rings is 1. The van der Waals surface area contributed by atoms with Crippen LogP contribution >= 0.6 is 0 Å². The van der Waals surface area contributed by atoms with E-state index in [1.807, 2.05) is 0 Å². The van der Waals surface area contributed by atoms with Crippen LogP contribution in [0.25, 0.3) is 0 Å². The summed E-state index contributed by atoms with van der Waals surface area (Å²) in [7, 11) is 0. The number of anilines is 1. The Bertz CT molecular complexity index is 786. The lowest BCUT2D eigenvalue weighted by molar-refractivity contribution is -0.141. The third-order valence-corrected chi connectivity index (χ3v) is 4.75. The van der Waals surface area contributed by atoms with Gasteiger partial charge in [0, 0.05) is 0 Å². The van der Waals surface area contributed by atoms with Crippen LogP contribution in [0, 0.1) is 0 Å². The van der Waals surface area contributed by atoms with Crippen LogP contribution in [0.3, 0.4) is 0 Å². The van der Waals surface area contributed by atoms with Crippen LogP contribution in [0.2, 0.25) is 0 Å². The Morgan fingerprint density at radius 2 is 1.92 bits per heavy atom. The zero-order valence-electron chi connectivity index (χ0n) is 14.7. The number of hydrogen-bond acceptors (Lipinski definition) is 6. The van der Waals surface area contributed by atoms with Crippen molar-refractivity contribution in [3.8, 4) is 0 Å². The molecule has 1 aromatic rings. The lowest BCUT2D eigenvalue weighted by Crippen LogP contribution is -2.48. The maximum absolute atomic E-state index is 13.4. The summed E-state index contributed by atoms with van der Waals surface area (Å²) in [4.78, 5) is 39.3. The lowest BCUT2D eigenvalue weighted by atomic mass is 9.68. The first-order valence-corrected chi connectivity index (χ1v) is 8.65. The molecule has 7 heteroatoms. The molecule has 3 rings (SSSR count). The first kappa shape index (κ1) is 18.1. The number of amides is 2. The van der Waals surface area contributed by atoms with E-state index in [4.69, 9.17) is 9.47 Å². The Morgan fingerprint density at radius 3 is 2.62 bits per heavy atom. The number of ether oxygens (including phenoxy) is 2. The van der Waals surface area contributed by atoms with Crippen LogP contribution in [-0.2, 0) is 24.5 Å². The number of hydrogen-bond donors (Lipinski definition) is 1. The van der Waals surface area contributed by atoms with Crippen LogP contribution < -0.4 is 4.90 Å². The summed E-state index contributed by atoms with van der Waals surface area (Å²) in [6, 6.07) is 6.82. The van der Waals surface area contributed by atoms with Gasteiger partial charge in [0.25, 0.3) is 5.91 Å². The van der Waals surface area contributed by atoms with E-state index in [0.717, 1.165) is 4.90 Å². The van der Waals surface area contributed by atoms with Crippen molar-refractivity contribution in [2.75, 3.05) is 18.1 Å². The van der Waals surface area contributed by atoms with E-state index in [0.29, 0.717) is 17.7 Å². The third-order valence-electron chi connectivity index (χ3n) is 4.75. The summed E-state index contributed by atoms with van der Waals surface area (Å²) in [6.07, 6.45) is 0.225. The van der Waals surface area contributed by atoms with Gasteiger partial charge in [-0.25, -0.2) is 14.5 Å². The van der Waals surface area contributed by atoms with E-state index in [9.17, 15) is 19.5 Å². The minimum absolute atomic E-state index is 0.0716. The van der Waals surface area contributed by atoms with E-state index in [2.05, 4.69) is 0 Å². The number of fused-ring (bicyclic) bond motifs is 2. The molecule has 0 fully saturated rings. The van der Waals surface area contributed by atoms with Gasteiger partial charge in [-0.3, -0.25) is 4.79 Å². The minimum Gasteiger partial charge on any atom is -0.463 e. The fraction of sp³-hybridized carbons (Fsp3) is 0.421. The van der Waals surface area contributed by atoms with Crippen molar-refractivity contribution in [2.24, 2.45) is 0 Å². The monoisotopic (exact) mass is 359 g/mol. The number of carbonyl (C=O) groups is 3. The molecule has 1 N–H and O–H groups in total. The van der Waals surface area contributed by atoms with Crippen molar-refractivity contribution in [2.45, 2.75) is 38.2 Å². The molecule has 2 atom stereocenters. The van der Waals surface area contributed by atoms with Crippen LogP contribution in [0.1, 0.15) is 32.3 Å². The van der Waals surface area contributed by atoms with E-state index >= 15 is 0 Å². The molecule has 7 nitrogen and oxygen atoms in total. The summed E-state index contributed by atoms with van der Waals surface area (Å²) >= 11 is 0. The second-order valence-electron chi connectivity index (χ2n) is 6.17. The normalized spacial score (nSPS) is 24.3. The van der Waals surface area contributed by atoms with Gasteiger partial charge in [0.05, 0.1) is 30.6 Å². The van der Waals surface area contributed by atoms with Crippen molar-refractivity contribution in [3.05, 3.63) is 41.5 Å². The molecular formula is C19H21NO6. The molecule has 2 amide bonds. The molecule has 26 heavy (non-hydrogen) atoms. The Balaban J connectivity index is 2.19. The van der Waals surface area contributed by atoms with E-state index in [1.54, 1.807) is 38.1 Å². The molecule has 0 bridgehead atoms. The maximum Gasteiger partial charge on any atom is 0.421 e. The highest BCUT2D eigenvalue weighted by Crippen LogP contribution is 2.51. The van der Waals surface area contributed by atoms with Crippen molar-refractivity contribution in [1.82, 2.24) is 0 Å². The molecule has 1 spiro atoms. The molecule has 0 saturated heterocycles.